The molecule has 0 unspecified atom stereocenters. The number of sulfonamides is 1. The second kappa shape index (κ2) is 8.53. The van der Waals surface area contributed by atoms with Crippen molar-refractivity contribution in [2.24, 2.45) is 0 Å². The van der Waals surface area contributed by atoms with Crippen molar-refractivity contribution in [3.8, 4) is 11.1 Å². The molecule has 7 nitrogen and oxygen atoms in total. The van der Waals surface area contributed by atoms with Gasteiger partial charge in [0.2, 0.25) is 10.0 Å². The van der Waals surface area contributed by atoms with E-state index in [1.807, 2.05) is 32.0 Å². The molecule has 1 amide bonds. The lowest BCUT2D eigenvalue weighted by Gasteiger charge is -2.14. The molecule has 2 heterocycles. The number of carbonyl (C=O) groups is 1. The van der Waals surface area contributed by atoms with Crippen LogP contribution in [0.4, 0.5) is 0 Å². The predicted molar refractivity (Wildman–Crippen MR) is 130 cm³/mol. The van der Waals surface area contributed by atoms with Crippen molar-refractivity contribution in [1.29, 1.82) is 0 Å². The summed E-state index contributed by atoms with van der Waals surface area (Å²) in [6.45, 7) is 4.24. The number of hydrogen-bond donors (Lipinski definition) is 2. The van der Waals surface area contributed by atoms with Gasteiger partial charge >= 0.3 is 0 Å². The van der Waals surface area contributed by atoms with Crippen LogP contribution in [0, 0.1) is 13.8 Å². The smallest absolute Gasteiger partial charge is 0.282 e. The molecule has 0 aliphatic carbocycles. The van der Waals surface area contributed by atoms with E-state index in [-0.39, 0.29) is 11.3 Å². The Morgan fingerprint density at radius 2 is 1.88 bits per heavy atom. The molecule has 9 heteroatoms. The highest BCUT2D eigenvalue weighted by molar-refractivity contribution is 7.89. The summed E-state index contributed by atoms with van der Waals surface area (Å²) in [6.07, 6.45) is 2.40. The maximum atomic E-state index is 13.3. The zero-order valence-corrected chi connectivity index (χ0v) is 19.8. The highest BCUT2D eigenvalue weighted by Gasteiger charge is 2.27. The van der Waals surface area contributed by atoms with E-state index in [9.17, 15) is 18.0 Å². The molecule has 170 valence electrons. The second-order valence-electron chi connectivity index (χ2n) is 8.02. The van der Waals surface area contributed by atoms with Crippen LogP contribution in [-0.2, 0) is 16.6 Å². The minimum absolute atomic E-state index is 0.0651. The van der Waals surface area contributed by atoms with E-state index in [0.717, 1.165) is 22.9 Å². The van der Waals surface area contributed by atoms with Gasteiger partial charge in [0.25, 0.3) is 11.5 Å². The number of carbonyl (C=O) groups excluding carboxylic acids is 1. The Morgan fingerprint density at radius 3 is 2.58 bits per heavy atom. The van der Waals surface area contributed by atoms with E-state index in [0.29, 0.717) is 28.0 Å². The van der Waals surface area contributed by atoms with Gasteiger partial charge in [0.1, 0.15) is 5.69 Å². The Balaban J connectivity index is 2.10. The molecule has 0 aliphatic rings. The molecule has 0 aliphatic heterocycles. The van der Waals surface area contributed by atoms with E-state index in [2.05, 4.69) is 9.71 Å². The van der Waals surface area contributed by atoms with Crippen LogP contribution in [0.25, 0.3) is 22.0 Å². The van der Waals surface area contributed by atoms with Crippen molar-refractivity contribution < 1.29 is 13.2 Å². The molecule has 0 bridgehead atoms. The number of benzene rings is 2. The standard InChI is InChI=1S/C24H22ClN3O4S/c1-14-6-7-15(2)16(11-14)13-28-20-9-8-17(25)12-19(20)21(18-5-4-10-26-23(18)29)22(28)24(30)27-33(3,31)32/h4-12H,13H2,1-3H3,(H,26,29)(H,27,30). The highest BCUT2D eigenvalue weighted by atomic mass is 35.5. The zero-order valence-electron chi connectivity index (χ0n) is 18.3. The molecule has 0 saturated carbocycles. The fourth-order valence-electron chi connectivity index (χ4n) is 3.98. The summed E-state index contributed by atoms with van der Waals surface area (Å²) in [7, 11) is -3.86. The van der Waals surface area contributed by atoms with Crippen LogP contribution < -0.4 is 10.3 Å². The van der Waals surface area contributed by atoms with Crippen LogP contribution in [0.3, 0.4) is 0 Å². The first kappa shape index (κ1) is 22.8. The Labute approximate surface area is 196 Å². The number of rotatable bonds is 5. The van der Waals surface area contributed by atoms with Crippen molar-refractivity contribution in [1.82, 2.24) is 14.3 Å². The monoisotopic (exact) mass is 483 g/mol. The first-order valence-electron chi connectivity index (χ1n) is 10.1. The summed E-state index contributed by atoms with van der Waals surface area (Å²) in [5.74, 6) is -0.826. The first-order chi connectivity index (χ1) is 15.5. The summed E-state index contributed by atoms with van der Waals surface area (Å²) in [5.41, 5.74) is 3.90. The number of H-pyrrole nitrogens is 1. The van der Waals surface area contributed by atoms with Gasteiger partial charge < -0.3 is 9.55 Å². The maximum absolute atomic E-state index is 13.3. The summed E-state index contributed by atoms with van der Waals surface area (Å²) in [6, 6.07) is 14.4. The fraction of sp³-hybridized carbons (Fsp3) is 0.167. The van der Waals surface area contributed by atoms with Crippen LogP contribution in [0.1, 0.15) is 27.2 Å². The summed E-state index contributed by atoms with van der Waals surface area (Å²) in [5, 5.41) is 0.998. The molecule has 2 aromatic carbocycles. The molecule has 0 fully saturated rings. The van der Waals surface area contributed by atoms with Crippen LogP contribution in [0.5, 0.6) is 0 Å². The average Bonchev–Trinajstić information content (AvgIpc) is 3.03. The van der Waals surface area contributed by atoms with Crippen molar-refractivity contribution in [2.45, 2.75) is 20.4 Å². The number of pyridine rings is 1. The number of amides is 1. The normalized spacial score (nSPS) is 11.6. The number of aryl methyl sites for hydroxylation is 2. The van der Waals surface area contributed by atoms with Crippen LogP contribution in [0.2, 0.25) is 5.02 Å². The predicted octanol–water partition coefficient (Wildman–Crippen LogP) is 4.00. The van der Waals surface area contributed by atoms with E-state index in [4.69, 9.17) is 11.6 Å². The second-order valence-corrected chi connectivity index (χ2v) is 10.2. The van der Waals surface area contributed by atoms with E-state index >= 15 is 0 Å². The molecule has 2 aromatic heterocycles. The Hall–Kier alpha value is -3.36. The number of fused-ring (bicyclic) bond motifs is 1. The maximum Gasteiger partial charge on any atom is 0.282 e. The van der Waals surface area contributed by atoms with Crippen LogP contribution in [0.15, 0.2) is 59.5 Å². The molecule has 0 atom stereocenters. The van der Waals surface area contributed by atoms with Gasteiger partial charge in [-0.25, -0.2) is 13.1 Å². The highest BCUT2D eigenvalue weighted by Crippen LogP contribution is 2.36. The van der Waals surface area contributed by atoms with E-state index in [1.165, 1.54) is 6.20 Å². The number of halogens is 1. The molecule has 0 radical (unpaired) electrons. The lowest BCUT2D eigenvalue weighted by molar-refractivity contribution is 0.0974. The van der Waals surface area contributed by atoms with Gasteiger partial charge in [-0.05, 0) is 55.3 Å². The molecule has 0 saturated heterocycles. The van der Waals surface area contributed by atoms with Gasteiger partial charge in [-0.15, -0.1) is 0 Å². The van der Waals surface area contributed by atoms with Crippen molar-refractivity contribution in [3.05, 3.63) is 92.5 Å². The van der Waals surface area contributed by atoms with Crippen molar-refractivity contribution in [3.63, 3.8) is 0 Å². The number of nitrogens with zero attached hydrogens (tertiary/aromatic N) is 1. The third kappa shape index (κ3) is 4.58. The van der Waals surface area contributed by atoms with Crippen molar-refractivity contribution in [2.75, 3.05) is 6.26 Å². The third-order valence-corrected chi connectivity index (χ3v) is 6.23. The Kier molecular flexibility index (Phi) is 5.90. The van der Waals surface area contributed by atoms with Crippen LogP contribution >= 0.6 is 11.6 Å². The lowest BCUT2D eigenvalue weighted by atomic mass is 10.0. The van der Waals surface area contributed by atoms with Gasteiger partial charge in [-0.2, -0.15) is 0 Å². The van der Waals surface area contributed by atoms with Crippen LogP contribution in [-0.4, -0.2) is 30.1 Å². The molecule has 0 spiro atoms. The minimum atomic E-state index is -3.86. The summed E-state index contributed by atoms with van der Waals surface area (Å²) < 4.78 is 27.7. The van der Waals surface area contributed by atoms with E-state index in [1.54, 1.807) is 34.9 Å². The number of aromatic nitrogens is 2. The first-order valence-corrected chi connectivity index (χ1v) is 12.4. The zero-order chi connectivity index (χ0) is 23.9. The quantitative estimate of drug-likeness (QED) is 0.448. The van der Waals surface area contributed by atoms with Gasteiger partial charge in [-0.1, -0.05) is 35.4 Å². The van der Waals surface area contributed by atoms with Gasteiger partial charge in [-0.3, -0.25) is 9.59 Å². The summed E-state index contributed by atoms with van der Waals surface area (Å²) >= 11 is 6.28. The van der Waals surface area contributed by atoms with Gasteiger partial charge in [0.05, 0.1) is 6.26 Å². The van der Waals surface area contributed by atoms with E-state index < -0.39 is 21.5 Å². The minimum Gasteiger partial charge on any atom is -0.331 e. The molecule has 4 rings (SSSR count). The largest absolute Gasteiger partial charge is 0.331 e. The van der Waals surface area contributed by atoms with Crippen molar-refractivity contribution >= 4 is 38.4 Å². The number of nitrogens with one attached hydrogen (secondary N) is 2. The molecule has 4 aromatic rings. The topological polar surface area (TPSA) is 101 Å². The summed E-state index contributed by atoms with van der Waals surface area (Å²) in [4.78, 5) is 28.7. The Morgan fingerprint density at radius 1 is 1.12 bits per heavy atom. The lowest BCUT2D eigenvalue weighted by Crippen LogP contribution is -2.32. The number of hydrogen-bond acceptors (Lipinski definition) is 4. The molecule has 33 heavy (non-hydrogen) atoms. The number of aromatic amines is 1. The fourth-order valence-corrected chi connectivity index (χ4v) is 4.58. The average molecular weight is 484 g/mol. The molecular formula is C24H22ClN3O4S. The third-order valence-electron chi connectivity index (χ3n) is 5.44. The Bertz CT molecular complexity index is 1570. The van der Waals surface area contributed by atoms with Gasteiger partial charge in [0, 0.05) is 39.8 Å². The molecule has 2 N–H and O–H groups in total. The van der Waals surface area contributed by atoms with Gasteiger partial charge in [0.15, 0.2) is 0 Å². The SMILES string of the molecule is Cc1ccc(C)c(Cn2c(C(=O)NS(C)(=O)=O)c(-c3ccc[nH]c3=O)c3cc(Cl)ccc32)c1. The molecular weight excluding hydrogens is 462 g/mol.